The molecule has 0 unspecified atom stereocenters. The average molecular weight is 287 g/mol. The van der Waals surface area contributed by atoms with Gasteiger partial charge < -0.3 is 13.9 Å². The molecule has 0 aliphatic carbocycles. The summed E-state index contributed by atoms with van der Waals surface area (Å²) in [5.41, 5.74) is 1.78. The number of hydrogen-bond acceptors (Lipinski definition) is 3. The van der Waals surface area contributed by atoms with E-state index in [4.69, 9.17) is 4.74 Å². The Hall–Kier alpha value is -1.88. The van der Waals surface area contributed by atoms with Crippen molar-refractivity contribution in [3.05, 3.63) is 40.6 Å². The van der Waals surface area contributed by atoms with E-state index in [2.05, 4.69) is 9.55 Å². The highest BCUT2D eigenvalue weighted by Crippen LogP contribution is 2.22. The van der Waals surface area contributed by atoms with Gasteiger partial charge in [-0.2, -0.15) is 0 Å². The molecule has 2 aromatic rings. The fourth-order valence-corrected chi connectivity index (χ4v) is 2.92. The van der Waals surface area contributed by atoms with E-state index in [9.17, 15) is 4.79 Å². The van der Waals surface area contributed by atoms with Crippen molar-refractivity contribution in [1.29, 1.82) is 0 Å². The van der Waals surface area contributed by atoms with Crippen LogP contribution < -0.4 is 5.56 Å². The van der Waals surface area contributed by atoms with Crippen LogP contribution in [0.15, 0.2) is 29.5 Å². The van der Waals surface area contributed by atoms with Crippen LogP contribution in [0.5, 0.6) is 0 Å². The van der Waals surface area contributed by atoms with Gasteiger partial charge in [-0.05, 0) is 31.7 Å². The van der Waals surface area contributed by atoms with Gasteiger partial charge in [-0.3, -0.25) is 4.79 Å². The van der Waals surface area contributed by atoms with Gasteiger partial charge in [0.25, 0.3) is 5.56 Å². The standard InChI is InChI=1S/C16H21N3O2/c1-12-9-14(11-18(2)16(12)20)15-17-5-6-19(15)10-13-3-7-21-8-4-13/h5-6,9,11,13H,3-4,7-8,10H2,1-2H3. The van der Waals surface area contributed by atoms with Gasteiger partial charge in [0.15, 0.2) is 0 Å². The molecule has 0 saturated carbocycles. The minimum atomic E-state index is 0.0429. The normalized spacial score (nSPS) is 16.3. The van der Waals surface area contributed by atoms with Crippen molar-refractivity contribution in [3.8, 4) is 11.4 Å². The molecule has 5 nitrogen and oxygen atoms in total. The van der Waals surface area contributed by atoms with Gasteiger partial charge >= 0.3 is 0 Å². The third-order valence-corrected chi connectivity index (χ3v) is 4.13. The number of rotatable bonds is 3. The quantitative estimate of drug-likeness (QED) is 0.867. The Morgan fingerprint density at radius 2 is 2.14 bits per heavy atom. The lowest BCUT2D eigenvalue weighted by Crippen LogP contribution is -2.21. The molecule has 5 heteroatoms. The zero-order chi connectivity index (χ0) is 14.8. The van der Waals surface area contributed by atoms with Crippen LogP contribution in [-0.4, -0.2) is 27.3 Å². The van der Waals surface area contributed by atoms with Gasteiger partial charge in [-0.15, -0.1) is 0 Å². The first-order valence-electron chi connectivity index (χ1n) is 7.41. The molecule has 3 rings (SSSR count). The van der Waals surface area contributed by atoms with Gasteiger partial charge in [0.05, 0.1) is 0 Å². The molecule has 3 heterocycles. The number of pyridine rings is 1. The van der Waals surface area contributed by atoms with Crippen molar-refractivity contribution in [2.45, 2.75) is 26.3 Å². The smallest absolute Gasteiger partial charge is 0.253 e. The SMILES string of the molecule is Cc1cc(-c2nccn2CC2CCOCC2)cn(C)c1=O. The van der Waals surface area contributed by atoms with Gasteiger partial charge in [0.2, 0.25) is 0 Å². The first-order chi connectivity index (χ1) is 10.1. The van der Waals surface area contributed by atoms with Crippen molar-refractivity contribution in [3.63, 3.8) is 0 Å². The van der Waals surface area contributed by atoms with E-state index >= 15 is 0 Å². The van der Waals surface area contributed by atoms with Crippen molar-refractivity contribution < 1.29 is 4.74 Å². The predicted octanol–water partition coefficient (Wildman–Crippen LogP) is 1.98. The van der Waals surface area contributed by atoms with Gasteiger partial charge in [-0.25, -0.2) is 4.98 Å². The maximum atomic E-state index is 11.8. The second kappa shape index (κ2) is 5.85. The van der Waals surface area contributed by atoms with E-state index in [1.54, 1.807) is 11.6 Å². The molecule has 0 radical (unpaired) electrons. The average Bonchev–Trinajstić information content (AvgIpc) is 2.93. The molecule has 0 amide bonds. The largest absolute Gasteiger partial charge is 0.381 e. The predicted molar refractivity (Wildman–Crippen MR) is 81.2 cm³/mol. The number of imidazole rings is 1. The summed E-state index contributed by atoms with van der Waals surface area (Å²) in [5.74, 6) is 1.57. The molecule has 2 aromatic heterocycles. The Labute approximate surface area is 124 Å². The Morgan fingerprint density at radius 3 is 2.86 bits per heavy atom. The molecule has 112 valence electrons. The summed E-state index contributed by atoms with van der Waals surface area (Å²) < 4.78 is 9.23. The topological polar surface area (TPSA) is 49.0 Å². The van der Waals surface area contributed by atoms with Crippen LogP contribution in [0.4, 0.5) is 0 Å². The minimum absolute atomic E-state index is 0.0429. The highest BCUT2D eigenvalue weighted by atomic mass is 16.5. The van der Waals surface area contributed by atoms with Crippen LogP contribution in [0.1, 0.15) is 18.4 Å². The second-order valence-corrected chi connectivity index (χ2v) is 5.79. The van der Waals surface area contributed by atoms with Crippen LogP contribution in [0.25, 0.3) is 11.4 Å². The fraction of sp³-hybridized carbons (Fsp3) is 0.500. The second-order valence-electron chi connectivity index (χ2n) is 5.79. The summed E-state index contributed by atoms with van der Waals surface area (Å²) >= 11 is 0. The van der Waals surface area contributed by atoms with E-state index in [0.29, 0.717) is 5.92 Å². The van der Waals surface area contributed by atoms with Gasteiger partial charge in [0, 0.05) is 56.5 Å². The molecule has 0 aromatic carbocycles. The highest BCUT2D eigenvalue weighted by Gasteiger charge is 2.16. The molecule has 0 N–H and O–H groups in total. The van der Waals surface area contributed by atoms with Crippen LogP contribution in [-0.2, 0) is 18.3 Å². The number of nitrogens with zero attached hydrogens (tertiary/aromatic N) is 3. The third-order valence-electron chi connectivity index (χ3n) is 4.13. The van der Waals surface area contributed by atoms with Crippen LogP contribution in [0.3, 0.4) is 0 Å². The van der Waals surface area contributed by atoms with E-state index in [1.165, 1.54) is 0 Å². The molecular formula is C16H21N3O2. The maximum absolute atomic E-state index is 11.8. The Bertz CT molecular complexity index is 655. The van der Waals surface area contributed by atoms with E-state index in [-0.39, 0.29) is 5.56 Å². The third kappa shape index (κ3) is 2.93. The molecule has 1 aliphatic heterocycles. The number of aromatic nitrogens is 3. The zero-order valence-corrected chi connectivity index (χ0v) is 12.6. The number of ether oxygens (including phenoxy) is 1. The first-order valence-corrected chi connectivity index (χ1v) is 7.41. The van der Waals surface area contributed by atoms with Crippen LogP contribution >= 0.6 is 0 Å². The van der Waals surface area contributed by atoms with E-state index < -0.39 is 0 Å². The lowest BCUT2D eigenvalue weighted by molar-refractivity contribution is 0.0614. The molecule has 1 aliphatic rings. The first kappa shape index (κ1) is 14.1. The molecule has 0 atom stereocenters. The van der Waals surface area contributed by atoms with E-state index in [1.807, 2.05) is 31.6 Å². The Balaban J connectivity index is 1.89. The zero-order valence-electron chi connectivity index (χ0n) is 12.6. The summed E-state index contributed by atoms with van der Waals surface area (Å²) in [5, 5.41) is 0. The molecule has 0 spiro atoms. The molecule has 21 heavy (non-hydrogen) atoms. The lowest BCUT2D eigenvalue weighted by Gasteiger charge is -2.23. The van der Waals surface area contributed by atoms with Gasteiger partial charge in [-0.1, -0.05) is 0 Å². The van der Waals surface area contributed by atoms with Crippen molar-refractivity contribution in [2.75, 3.05) is 13.2 Å². The van der Waals surface area contributed by atoms with Crippen LogP contribution in [0.2, 0.25) is 0 Å². The summed E-state index contributed by atoms with van der Waals surface area (Å²) in [7, 11) is 1.78. The van der Waals surface area contributed by atoms with Crippen molar-refractivity contribution in [2.24, 2.45) is 13.0 Å². The summed E-state index contributed by atoms with van der Waals surface area (Å²) in [4.78, 5) is 16.3. The summed E-state index contributed by atoms with van der Waals surface area (Å²) in [6.07, 6.45) is 7.91. The number of aryl methyl sites for hydroxylation is 2. The van der Waals surface area contributed by atoms with Crippen molar-refractivity contribution in [1.82, 2.24) is 14.1 Å². The molecule has 0 bridgehead atoms. The Kier molecular flexibility index (Phi) is 3.92. The Morgan fingerprint density at radius 1 is 1.38 bits per heavy atom. The fourth-order valence-electron chi connectivity index (χ4n) is 2.92. The number of hydrogen-bond donors (Lipinski definition) is 0. The summed E-state index contributed by atoms with van der Waals surface area (Å²) in [6.45, 7) is 4.51. The van der Waals surface area contributed by atoms with Crippen molar-refractivity contribution >= 4 is 0 Å². The maximum Gasteiger partial charge on any atom is 0.253 e. The highest BCUT2D eigenvalue weighted by molar-refractivity contribution is 5.55. The summed E-state index contributed by atoms with van der Waals surface area (Å²) in [6, 6.07) is 1.92. The van der Waals surface area contributed by atoms with Gasteiger partial charge in [0.1, 0.15) is 5.82 Å². The molecule has 1 fully saturated rings. The lowest BCUT2D eigenvalue weighted by atomic mass is 10.0. The molecule has 1 saturated heterocycles. The van der Waals surface area contributed by atoms with Crippen LogP contribution in [0, 0.1) is 12.8 Å². The molecular weight excluding hydrogens is 266 g/mol. The van der Waals surface area contributed by atoms with E-state index in [0.717, 1.165) is 49.6 Å². The monoisotopic (exact) mass is 287 g/mol. The minimum Gasteiger partial charge on any atom is -0.381 e.